The number of nitro groups is 1. The van der Waals surface area contributed by atoms with E-state index in [1.807, 2.05) is 7.05 Å². The SMILES string of the molecule is CN1CCC(N(C)c2ccc([N+](=O)[O-])c(O)c2)CC1. The van der Waals surface area contributed by atoms with Crippen LogP contribution in [0.25, 0.3) is 0 Å². The third kappa shape index (κ3) is 2.96. The lowest BCUT2D eigenvalue weighted by Crippen LogP contribution is -2.41. The molecule has 1 aromatic rings. The molecule has 2 rings (SSSR count). The highest BCUT2D eigenvalue weighted by molar-refractivity contribution is 5.58. The lowest BCUT2D eigenvalue weighted by atomic mass is 10.0. The molecule has 6 heteroatoms. The first-order valence-corrected chi connectivity index (χ1v) is 6.38. The fraction of sp³-hybridized carbons (Fsp3) is 0.538. The maximum atomic E-state index is 10.7. The third-order valence-corrected chi connectivity index (χ3v) is 3.80. The van der Waals surface area contributed by atoms with Crippen LogP contribution in [0.15, 0.2) is 18.2 Å². The molecule has 0 unspecified atom stereocenters. The Balaban J connectivity index is 2.13. The van der Waals surface area contributed by atoms with Crippen molar-refractivity contribution in [1.82, 2.24) is 4.90 Å². The van der Waals surface area contributed by atoms with E-state index in [0.29, 0.717) is 6.04 Å². The van der Waals surface area contributed by atoms with Crippen molar-refractivity contribution in [2.24, 2.45) is 0 Å². The molecule has 0 bridgehead atoms. The van der Waals surface area contributed by atoms with Gasteiger partial charge in [-0.15, -0.1) is 0 Å². The zero-order chi connectivity index (χ0) is 14.0. The van der Waals surface area contributed by atoms with E-state index in [0.717, 1.165) is 31.6 Å². The van der Waals surface area contributed by atoms with Gasteiger partial charge in [0.25, 0.3) is 0 Å². The maximum Gasteiger partial charge on any atom is 0.310 e. The minimum atomic E-state index is -0.575. The molecule has 1 aromatic carbocycles. The molecule has 1 heterocycles. The Morgan fingerprint density at radius 3 is 2.58 bits per heavy atom. The van der Waals surface area contributed by atoms with Crippen LogP contribution in [0.5, 0.6) is 5.75 Å². The molecule has 0 aliphatic carbocycles. The van der Waals surface area contributed by atoms with Gasteiger partial charge in [0.1, 0.15) is 0 Å². The average molecular weight is 265 g/mol. The molecule has 1 fully saturated rings. The third-order valence-electron chi connectivity index (χ3n) is 3.80. The van der Waals surface area contributed by atoms with Gasteiger partial charge in [0, 0.05) is 30.9 Å². The Labute approximate surface area is 112 Å². The molecule has 0 amide bonds. The van der Waals surface area contributed by atoms with Crippen LogP contribution in [0.2, 0.25) is 0 Å². The highest BCUT2D eigenvalue weighted by Gasteiger charge is 2.22. The Kier molecular flexibility index (Phi) is 3.90. The van der Waals surface area contributed by atoms with Gasteiger partial charge in [0.05, 0.1) is 4.92 Å². The van der Waals surface area contributed by atoms with Gasteiger partial charge in [-0.1, -0.05) is 0 Å². The van der Waals surface area contributed by atoms with Crippen LogP contribution in [-0.4, -0.2) is 48.2 Å². The van der Waals surface area contributed by atoms with E-state index >= 15 is 0 Å². The number of likely N-dealkylation sites (tertiary alicyclic amines) is 1. The van der Waals surface area contributed by atoms with Crippen molar-refractivity contribution in [2.45, 2.75) is 18.9 Å². The summed E-state index contributed by atoms with van der Waals surface area (Å²) in [4.78, 5) is 14.5. The molecule has 1 aliphatic rings. The Morgan fingerprint density at radius 2 is 2.05 bits per heavy atom. The second kappa shape index (κ2) is 5.44. The summed E-state index contributed by atoms with van der Waals surface area (Å²) in [7, 11) is 4.07. The van der Waals surface area contributed by atoms with Crippen LogP contribution in [-0.2, 0) is 0 Å². The van der Waals surface area contributed by atoms with Gasteiger partial charge in [0.2, 0.25) is 0 Å². The van der Waals surface area contributed by atoms with Crippen molar-refractivity contribution in [3.05, 3.63) is 28.3 Å². The minimum absolute atomic E-state index is 0.250. The van der Waals surface area contributed by atoms with Gasteiger partial charge in [-0.2, -0.15) is 0 Å². The predicted molar refractivity (Wildman–Crippen MR) is 73.7 cm³/mol. The highest BCUT2D eigenvalue weighted by atomic mass is 16.6. The molecule has 0 radical (unpaired) electrons. The van der Waals surface area contributed by atoms with E-state index in [-0.39, 0.29) is 11.4 Å². The molecule has 19 heavy (non-hydrogen) atoms. The maximum absolute atomic E-state index is 10.7. The molecule has 1 N–H and O–H groups in total. The number of benzene rings is 1. The number of nitrogens with zero attached hydrogens (tertiary/aromatic N) is 3. The van der Waals surface area contributed by atoms with Gasteiger partial charge in [0.15, 0.2) is 5.75 Å². The summed E-state index contributed by atoms with van der Waals surface area (Å²) in [5, 5.41) is 20.3. The zero-order valence-corrected chi connectivity index (χ0v) is 11.2. The second-order valence-electron chi connectivity index (χ2n) is 5.08. The number of hydrogen-bond donors (Lipinski definition) is 1. The first-order chi connectivity index (χ1) is 8.99. The molecule has 0 aromatic heterocycles. The number of hydrogen-bond acceptors (Lipinski definition) is 5. The molecule has 104 valence electrons. The first kappa shape index (κ1) is 13.6. The summed E-state index contributed by atoms with van der Waals surface area (Å²) in [5.74, 6) is -0.276. The summed E-state index contributed by atoms with van der Waals surface area (Å²) < 4.78 is 0. The van der Waals surface area contributed by atoms with E-state index < -0.39 is 4.92 Å². The van der Waals surface area contributed by atoms with E-state index in [2.05, 4.69) is 16.8 Å². The van der Waals surface area contributed by atoms with Crippen LogP contribution in [0.4, 0.5) is 11.4 Å². The molecule has 0 spiro atoms. The predicted octanol–water partition coefficient (Wildman–Crippen LogP) is 1.83. The smallest absolute Gasteiger partial charge is 0.310 e. The monoisotopic (exact) mass is 265 g/mol. The molecular formula is C13H19N3O3. The summed E-state index contributed by atoms with van der Waals surface area (Å²) >= 11 is 0. The lowest BCUT2D eigenvalue weighted by Gasteiger charge is -2.36. The number of aromatic hydroxyl groups is 1. The Hall–Kier alpha value is -1.82. The Morgan fingerprint density at radius 1 is 1.42 bits per heavy atom. The van der Waals surface area contributed by atoms with E-state index in [4.69, 9.17) is 0 Å². The molecule has 1 saturated heterocycles. The molecular weight excluding hydrogens is 246 g/mol. The summed E-state index contributed by atoms with van der Waals surface area (Å²) in [5.41, 5.74) is 0.568. The molecule has 6 nitrogen and oxygen atoms in total. The first-order valence-electron chi connectivity index (χ1n) is 6.38. The van der Waals surface area contributed by atoms with Crippen LogP contribution in [0, 0.1) is 10.1 Å². The number of phenols is 1. The number of anilines is 1. The number of rotatable bonds is 3. The van der Waals surface area contributed by atoms with Gasteiger partial charge in [-0.05, 0) is 39.0 Å². The van der Waals surface area contributed by atoms with Gasteiger partial charge < -0.3 is 14.9 Å². The number of nitro benzene ring substituents is 1. The summed E-state index contributed by atoms with van der Waals surface area (Å²) in [6.07, 6.45) is 2.12. The summed E-state index contributed by atoms with van der Waals surface area (Å²) in [6, 6.07) is 4.93. The van der Waals surface area contributed by atoms with Crippen LogP contribution in [0.1, 0.15) is 12.8 Å². The van der Waals surface area contributed by atoms with Crippen molar-refractivity contribution in [2.75, 3.05) is 32.1 Å². The summed E-state index contributed by atoms with van der Waals surface area (Å²) in [6.45, 7) is 2.10. The standard InChI is InChI=1S/C13H19N3O3/c1-14-7-5-10(6-8-14)15(2)11-3-4-12(16(18)19)13(17)9-11/h3-4,9-10,17H,5-8H2,1-2H3. The van der Waals surface area contributed by atoms with Crippen LogP contribution >= 0.6 is 0 Å². The topological polar surface area (TPSA) is 69.9 Å². The normalized spacial score (nSPS) is 17.4. The van der Waals surface area contributed by atoms with E-state index in [1.54, 1.807) is 6.07 Å². The molecule has 0 saturated carbocycles. The van der Waals surface area contributed by atoms with Crippen molar-refractivity contribution < 1.29 is 10.0 Å². The molecule has 0 atom stereocenters. The van der Waals surface area contributed by atoms with Crippen molar-refractivity contribution >= 4 is 11.4 Å². The number of piperidine rings is 1. The van der Waals surface area contributed by atoms with Crippen LogP contribution in [0.3, 0.4) is 0 Å². The van der Waals surface area contributed by atoms with Gasteiger partial charge >= 0.3 is 5.69 Å². The van der Waals surface area contributed by atoms with Crippen molar-refractivity contribution in [1.29, 1.82) is 0 Å². The number of phenolic OH excluding ortho intramolecular Hbond substituents is 1. The lowest BCUT2D eigenvalue weighted by molar-refractivity contribution is -0.385. The minimum Gasteiger partial charge on any atom is -0.502 e. The highest BCUT2D eigenvalue weighted by Crippen LogP contribution is 2.31. The fourth-order valence-electron chi connectivity index (χ4n) is 2.48. The quantitative estimate of drug-likeness (QED) is 0.667. The zero-order valence-electron chi connectivity index (χ0n) is 11.2. The largest absolute Gasteiger partial charge is 0.502 e. The van der Waals surface area contributed by atoms with Crippen molar-refractivity contribution in [3.8, 4) is 5.75 Å². The van der Waals surface area contributed by atoms with E-state index in [9.17, 15) is 15.2 Å². The van der Waals surface area contributed by atoms with Gasteiger partial charge in [-0.25, -0.2) is 0 Å². The Bertz CT molecular complexity index is 470. The second-order valence-corrected chi connectivity index (χ2v) is 5.08. The van der Waals surface area contributed by atoms with E-state index in [1.165, 1.54) is 12.1 Å². The fourth-order valence-corrected chi connectivity index (χ4v) is 2.48. The molecule has 1 aliphatic heterocycles. The average Bonchev–Trinajstić information content (AvgIpc) is 2.38. The van der Waals surface area contributed by atoms with Gasteiger partial charge in [-0.3, -0.25) is 10.1 Å². The van der Waals surface area contributed by atoms with Crippen molar-refractivity contribution in [3.63, 3.8) is 0 Å². The van der Waals surface area contributed by atoms with Crippen LogP contribution < -0.4 is 4.90 Å².